The third kappa shape index (κ3) is 10.5. The molecule has 4 rings (SSSR count). The fourth-order valence-corrected chi connectivity index (χ4v) is 5.96. The molecule has 14 nitrogen and oxygen atoms in total. The Morgan fingerprint density at radius 3 is 2.00 bits per heavy atom. The number of fused-ring (bicyclic) bond motifs is 1. The number of para-hydroxylation sites is 1. The highest BCUT2D eigenvalue weighted by Crippen LogP contribution is 2.34. The van der Waals surface area contributed by atoms with Gasteiger partial charge in [-0.2, -0.15) is 0 Å². The van der Waals surface area contributed by atoms with Crippen LogP contribution in [0.3, 0.4) is 0 Å². The van der Waals surface area contributed by atoms with Gasteiger partial charge in [0.2, 0.25) is 11.8 Å². The Balaban J connectivity index is 1.39. The number of likely N-dealkylation sites (tertiary alicyclic amines) is 1. The standard InChI is InChI=1S/C38H51N5O9/c1-37(2,3)51-34(48)32-31(28-9-7-8-10-29(28)43(32)36(50)52-38(4,5)6)40-30(46)16-13-25-11-14-27(15-12-25)39-35(49)42-19-17-26(18-20-42)33(47)41(21-23-44)22-24-45/h7-12,14-15,26,44-45H,13,16-24H2,1-6H3,(H,39,49)(H,40,46). The number of carbonyl (C=O) groups excluding carboxylic acids is 5. The van der Waals surface area contributed by atoms with Crippen LogP contribution in [0.25, 0.3) is 10.9 Å². The van der Waals surface area contributed by atoms with Gasteiger partial charge in [0.25, 0.3) is 0 Å². The summed E-state index contributed by atoms with van der Waals surface area (Å²) in [5, 5.41) is 24.7. The van der Waals surface area contributed by atoms with Crippen molar-refractivity contribution in [2.24, 2.45) is 5.92 Å². The van der Waals surface area contributed by atoms with Gasteiger partial charge in [-0.1, -0.05) is 30.3 Å². The molecule has 1 fully saturated rings. The van der Waals surface area contributed by atoms with Gasteiger partial charge in [-0.25, -0.2) is 19.0 Å². The molecular weight excluding hydrogens is 670 g/mol. The van der Waals surface area contributed by atoms with E-state index in [0.29, 0.717) is 48.9 Å². The average Bonchev–Trinajstić information content (AvgIpc) is 3.40. The quantitative estimate of drug-likeness (QED) is 0.198. The van der Waals surface area contributed by atoms with Crippen LogP contribution in [0.4, 0.5) is 21.0 Å². The molecule has 3 aromatic rings. The zero-order valence-electron chi connectivity index (χ0n) is 30.9. The molecule has 52 heavy (non-hydrogen) atoms. The molecule has 0 saturated carbocycles. The van der Waals surface area contributed by atoms with Crippen molar-refractivity contribution in [3.63, 3.8) is 0 Å². The van der Waals surface area contributed by atoms with E-state index in [1.807, 2.05) is 12.1 Å². The number of anilines is 2. The van der Waals surface area contributed by atoms with Crippen LogP contribution >= 0.6 is 0 Å². The first-order chi connectivity index (χ1) is 24.5. The second-order valence-corrected chi connectivity index (χ2v) is 14.8. The molecule has 1 aliphatic rings. The first-order valence-electron chi connectivity index (χ1n) is 17.6. The summed E-state index contributed by atoms with van der Waals surface area (Å²) in [6.45, 7) is 11.1. The number of hydrogen-bond acceptors (Lipinski definition) is 9. The largest absolute Gasteiger partial charge is 0.455 e. The summed E-state index contributed by atoms with van der Waals surface area (Å²) >= 11 is 0. The SMILES string of the molecule is CC(C)(C)OC(=O)c1c(NC(=O)CCc2ccc(NC(=O)N3CCC(C(=O)N(CCO)CCO)CC3)cc2)c2ccccc2n1C(=O)OC(C)(C)C. The van der Waals surface area contributed by atoms with Gasteiger partial charge in [0.1, 0.15) is 11.2 Å². The van der Waals surface area contributed by atoms with Gasteiger partial charge < -0.3 is 40.1 Å². The highest BCUT2D eigenvalue weighted by Gasteiger charge is 2.33. The number of amides is 4. The van der Waals surface area contributed by atoms with Crippen LogP contribution in [-0.4, -0.2) is 105 Å². The molecule has 0 radical (unpaired) electrons. The second-order valence-electron chi connectivity index (χ2n) is 14.8. The number of aliphatic hydroxyl groups is 2. The van der Waals surface area contributed by atoms with E-state index >= 15 is 0 Å². The van der Waals surface area contributed by atoms with Crippen LogP contribution in [0, 0.1) is 5.92 Å². The molecule has 2 aromatic carbocycles. The zero-order chi connectivity index (χ0) is 38.2. The van der Waals surface area contributed by atoms with Crippen LogP contribution in [0.1, 0.15) is 76.9 Å². The number of rotatable bonds is 11. The molecule has 0 unspecified atom stereocenters. The van der Waals surface area contributed by atoms with E-state index in [2.05, 4.69) is 10.6 Å². The summed E-state index contributed by atoms with van der Waals surface area (Å²) in [7, 11) is 0. The Morgan fingerprint density at radius 1 is 0.827 bits per heavy atom. The first-order valence-corrected chi connectivity index (χ1v) is 17.6. The molecular formula is C38H51N5O9. The number of urea groups is 1. The lowest BCUT2D eigenvalue weighted by Gasteiger charge is -2.34. The number of nitrogens with zero attached hydrogens (tertiary/aromatic N) is 3. The van der Waals surface area contributed by atoms with E-state index in [4.69, 9.17) is 9.47 Å². The smallest absolute Gasteiger partial charge is 0.419 e. The minimum Gasteiger partial charge on any atom is -0.455 e. The van der Waals surface area contributed by atoms with Crippen molar-refractivity contribution < 1.29 is 43.7 Å². The Kier molecular flexibility index (Phi) is 13.1. The van der Waals surface area contributed by atoms with Gasteiger partial charge in [0.15, 0.2) is 5.69 Å². The van der Waals surface area contributed by atoms with Crippen LogP contribution < -0.4 is 10.6 Å². The van der Waals surface area contributed by atoms with Gasteiger partial charge >= 0.3 is 18.1 Å². The predicted octanol–water partition coefficient (Wildman–Crippen LogP) is 5.01. The molecule has 0 atom stereocenters. The Labute approximate surface area is 304 Å². The summed E-state index contributed by atoms with van der Waals surface area (Å²) in [5.74, 6) is -1.57. The van der Waals surface area contributed by atoms with Gasteiger partial charge in [0, 0.05) is 49.6 Å². The molecule has 1 aliphatic heterocycles. The fraction of sp³-hybridized carbons (Fsp3) is 0.500. The highest BCUT2D eigenvalue weighted by molar-refractivity contribution is 6.14. The van der Waals surface area contributed by atoms with E-state index in [9.17, 15) is 34.2 Å². The van der Waals surface area contributed by atoms with Crippen LogP contribution in [0.2, 0.25) is 0 Å². The topological polar surface area (TPSA) is 180 Å². The van der Waals surface area contributed by atoms with Crippen molar-refractivity contribution >= 4 is 52.2 Å². The summed E-state index contributed by atoms with van der Waals surface area (Å²) in [6.07, 6.45) is 0.616. The maximum atomic E-state index is 13.6. The number of carbonyl (C=O) groups is 5. The average molecular weight is 722 g/mol. The van der Waals surface area contributed by atoms with E-state index < -0.39 is 23.3 Å². The highest BCUT2D eigenvalue weighted by atomic mass is 16.6. The van der Waals surface area contributed by atoms with Gasteiger partial charge in [-0.05, 0) is 84.6 Å². The molecule has 4 N–H and O–H groups in total. The van der Waals surface area contributed by atoms with Crippen molar-refractivity contribution in [2.75, 3.05) is 50.0 Å². The number of nitrogens with one attached hydrogen (secondary N) is 2. The van der Waals surface area contributed by atoms with Crippen LogP contribution in [-0.2, 0) is 25.5 Å². The predicted molar refractivity (Wildman–Crippen MR) is 196 cm³/mol. The van der Waals surface area contributed by atoms with E-state index in [-0.39, 0.29) is 67.9 Å². The Bertz CT molecular complexity index is 1740. The normalized spacial score (nSPS) is 13.8. The maximum absolute atomic E-state index is 13.6. The molecule has 0 spiro atoms. The molecule has 0 aliphatic carbocycles. The number of benzene rings is 2. The minimum atomic E-state index is -0.874. The number of aryl methyl sites for hydroxylation is 1. The Hall–Kier alpha value is -4.95. The number of esters is 1. The molecule has 14 heteroatoms. The zero-order valence-corrected chi connectivity index (χ0v) is 30.9. The number of piperidine rings is 1. The summed E-state index contributed by atoms with van der Waals surface area (Å²) in [6, 6.07) is 13.7. The lowest BCUT2D eigenvalue weighted by molar-refractivity contribution is -0.138. The van der Waals surface area contributed by atoms with Crippen LogP contribution in [0.15, 0.2) is 48.5 Å². The molecule has 282 valence electrons. The van der Waals surface area contributed by atoms with Crippen molar-refractivity contribution in [3.8, 4) is 0 Å². The van der Waals surface area contributed by atoms with E-state index in [1.165, 1.54) is 4.90 Å². The third-order valence-electron chi connectivity index (χ3n) is 8.34. The fourth-order valence-electron chi connectivity index (χ4n) is 5.96. The second kappa shape index (κ2) is 17.0. The van der Waals surface area contributed by atoms with Crippen molar-refractivity contribution in [1.29, 1.82) is 0 Å². The lowest BCUT2D eigenvalue weighted by atomic mass is 9.95. The minimum absolute atomic E-state index is 0.0626. The summed E-state index contributed by atoms with van der Waals surface area (Å²) in [4.78, 5) is 69.2. The number of ether oxygens (including phenoxy) is 2. The third-order valence-corrected chi connectivity index (χ3v) is 8.34. The summed E-state index contributed by atoms with van der Waals surface area (Å²) < 4.78 is 12.4. The van der Waals surface area contributed by atoms with Gasteiger partial charge in [-0.3, -0.25) is 9.59 Å². The molecule has 0 bridgehead atoms. The summed E-state index contributed by atoms with van der Waals surface area (Å²) in [5.41, 5.74) is 0.0865. The molecule has 1 aromatic heterocycles. The van der Waals surface area contributed by atoms with E-state index in [0.717, 1.165) is 10.1 Å². The molecule has 2 heterocycles. The van der Waals surface area contributed by atoms with Crippen LogP contribution in [0.5, 0.6) is 0 Å². The number of hydrogen-bond donors (Lipinski definition) is 4. The molecule has 1 saturated heterocycles. The van der Waals surface area contributed by atoms with Crippen molar-refractivity contribution in [1.82, 2.24) is 14.4 Å². The Morgan fingerprint density at radius 2 is 1.42 bits per heavy atom. The van der Waals surface area contributed by atoms with Gasteiger partial charge in [0.05, 0.1) is 24.4 Å². The number of aliphatic hydroxyl groups excluding tert-OH is 2. The van der Waals surface area contributed by atoms with Crippen molar-refractivity contribution in [2.45, 2.75) is 78.4 Å². The van der Waals surface area contributed by atoms with Crippen molar-refractivity contribution in [3.05, 3.63) is 59.8 Å². The monoisotopic (exact) mass is 721 g/mol. The number of aromatic nitrogens is 1. The first kappa shape index (κ1) is 39.8. The van der Waals surface area contributed by atoms with Gasteiger partial charge in [-0.15, -0.1) is 0 Å². The maximum Gasteiger partial charge on any atom is 0.419 e. The lowest BCUT2D eigenvalue weighted by Crippen LogP contribution is -2.46. The molecule has 4 amide bonds. The van der Waals surface area contributed by atoms with E-state index in [1.54, 1.807) is 82.8 Å².